The highest BCUT2D eigenvalue weighted by Gasteiger charge is 2.23. The van der Waals surface area contributed by atoms with Gasteiger partial charge in [-0.3, -0.25) is 4.79 Å². The molecule has 1 atom stereocenters. The SMILES string of the molecule is Nc1ccccc1CCC(=O)N1CC[C@@H](O)C1. The summed E-state index contributed by atoms with van der Waals surface area (Å²) >= 11 is 0. The summed E-state index contributed by atoms with van der Waals surface area (Å²) < 4.78 is 0. The maximum absolute atomic E-state index is 11.8. The Bertz CT molecular complexity index is 406. The molecular weight excluding hydrogens is 216 g/mol. The molecular formula is C13H18N2O2. The number of carbonyl (C=O) groups is 1. The fourth-order valence-corrected chi connectivity index (χ4v) is 2.13. The lowest BCUT2D eigenvalue weighted by Crippen LogP contribution is -2.29. The van der Waals surface area contributed by atoms with Gasteiger partial charge in [0.25, 0.3) is 0 Å². The first-order valence-electron chi connectivity index (χ1n) is 5.96. The fourth-order valence-electron chi connectivity index (χ4n) is 2.13. The van der Waals surface area contributed by atoms with Crippen molar-refractivity contribution in [3.05, 3.63) is 29.8 Å². The maximum Gasteiger partial charge on any atom is 0.222 e. The summed E-state index contributed by atoms with van der Waals surface area (Å²) in [5.41, 5.74) is 7.57. The van der Waals surface area contributed by atoms with Crippen LogP contribution >= 0.6 is 0 Å². The molecule has 1 heterocycles. The molecule has 0 spiro atoms. The van der Waals surface area contributed by atoms with E-state index in [0.717, 1.165) is 11.3 Å². The van der Waals surface area contributed by atoms with Crippen LogP contribution in [0.5, 0.6) is 0 Å². The lowest BCUT2D eigenvalue weighted by atomic mass is 10.1. The van der Waals surface area contributed by atoms with Crippen LogP contribution in [0.15, 0.2) is 24.3 Å². The number of hydrogen-bond donors (Lipinski definition) is 2. The Hall–Kier alpha value is -1.55. The summed E-state index contributed by atoms with van der Waals surface area (Å²) in [4.78, 5) is 13.6. The number of nitrogens with two attached hydrogens (primary N) is 1. The van der Waals surface area contributed by atoms with Crippen LogP contribution in [0.25, 0.3) is 0 Å². The monoisotopic (exact) mass is 234 g/mol. The van der Waals surface area contributed by atoms with E-state index < -0.39 is 0 Å². The van der Waals surface area contributed by atoms with Crippen molar-refractivity contribution in [2.45, 2.75) is 25.4 Å². The van der Waals surface area contributed by atoms with Gasteiger partial charge in [0.05, 0.1) is 6.10 Å². The van der Waals surface area contributed by atoms with Gasteiger partial charge < -0.3 is 15.7 Å². The largest absolute Gasteiger partial charge is 0.399 e. The molecule has 1 amide bonds. The number of anilines is 1. The van der Waals surface area contributed by atoms with E-state index in [1.807, 2.05) is 24.3 Å². The molecule has 1 saturated heterocycles. The summed E-state index contributed by atoms with van der Waals surface area (Å²) in [6.07, 6.45) is 1.47. The van der Waals surface area contributed by atoms with Gasteiger partial charge in [0.2, 0.25) is 5.91 Å². The minimum absolute atomic E-state index is 0.102. The van der Waals surface area contributed by atoms with E-state index in [9.17, 15) is 9.90 Å². The third kappa shape index (κ3) is 2.97. The molecule has 0 aliphatic carbocycles. The van der Waals surface area contributed by atoms with Crippen LogP contribution in [-0.4, -0.2) is 35.1 Å². The van der Waals surface area contributed by atoms with Crippen molar-refractivity contribution in [2.24, 2.45) is 0 Å². The Kier molecular flexibility index (Phi) is 3.64. The summed E-state index contributed by atoms with van der Waals surface area (Å²) in [5, 5.41) is 9.36. The zero-order valence-corrected chi connectivity index (χ0v) is 9.80. The summed E-state index contributed by atoms with van der Waals surface area (Å²) in [6.45, 7) is 1.15. The lowest BCUT2D eigenvalue weighted by molar-refractivity contribution is -0.130. The minimum Gasteiger partial charge on any atom is -0.399 e. The Morgan fingerprint density at radius 2 is 2.24 bits per heavy atom. The zero-order valence-electron chi connectivity index (χ0n) is 9.80. The number of amides is 1. The van der Waals surface area contributed by atoms with Gasteiger partial charge in [-0.25, -0.2) is 0 Å². The molecule has 0 radical (unpaired) electrons. The minimum atomic E-state index is -0.347. The predicted octanol–water partition coefficient (Wildman–Crippen LogP) is 0.795. The Morgan fingerprint density at radius 1 is 1.47 bits per heavy atom. The molecule has 0 saturated carbocycles. The first-order valence-corrected chi connectivity index (χ1v) is 5.96. The van der Waals surface area contributed by atoms with Crippen LogP contribution in [-0.2, 0) is 11.2 Å². The Balaban J connectivity index is 1.86. The highest BCUT2D eigenvalue weighted by atomic mass is 16.3. The molecule has 1 aliphatic rings. The second kappa shape index (κ2) is 5.19. The van der Waals surface area contributed by atoms with Crippen molar-refractivity contribution in [1.29, 1.82) is 0 Å². The molecule has 1 aliphatic heterocycles. The highest BCUT2D eigenvalue weighted by molar-refractivity contribution is 5.77. The van der Waals surface area contributed by atoms with E-state index >= 15 is 0 Å². The van der Waals surface area contributed by atoms with E-state index in [1.165, 1.54) is 0 Å². The molecule has 0 bridgehead atoms. The standard InChI is InChI=1S/C13H18N2O2/c14-12-4-2-1-3-10(12)5-6-13(17)15-8-7-11(16)9-15/h1-4,11,16H,5-9,14H2/t11-/m1/s1. The number of nitrogen functional groups attached to an aromatic ring is 1. The topological polar surface area (TPSA) is 66.6 Å². The highest BCUT2D eigenvalue weighted by Crippen LogP contribution is 2.15. The van der Waals surface area contributed by atoms with Gasteiger partial charge in [-0.1, -0.05) is 18.2 Å². The summed E-state index contributed by atoms with van der Waals surface area (Å²) in [6, 6.07) is 7.61. The molecule has 1 fully saturated rings. The van der Waals surface area contributed by atoms with Crippen LogP contribution < -0.4 is 5.73 Å². The third-order valence-corrected chi connectivity index (χ3v) is 3.18. The van der Waals surface area contributed by atoms with Gasteiger partial charge in [0.15, 0.2) is 0 Å². The number of likely N-dealkylation sites (tertiary alicyclic amines) is 1. The lowest BCUT2D eigenvalue weighted by Gasteiger charge is -2.15. The van der Waals surface area contributed by atoms with Crippen LogP contribution in [0.3, 0.4) is 0 Å². The second-order valence-electron chi connectivity index (χ2n) is 4.48. The third-order valence-electron chi connectivity index (χ3n) is 3.18. The summed E-state index contributed by atoms with van der Waals surface area (Å²) in [7, 11) is 0. The number of benzene rings is 1. The molecule has 3 N–H and O–H groups in total. The number of carbonyl (C=O) groups excluding carboxylic acids is 1. The van der Waals surface area contributed by atoms with Crippen molar-refractivity contribution in [2.75, 3.05) is 18.8 Å². The Morgan fingerprint density at radius 3 is 2.88 bits per heavy atom. The van der Waals surface area contributed by atoms with Gasteiger partial charge in [0, 0.05) is 25.2 Å². The number of β-amino-alcohol motifs (C(OH)–C–C–N with tert-alkyl or cyclic N) is 1. The van der Waals surface area contributed by atoms with E-state index in [4.69, 9.17) is 5.73 Å². The van der Waals surface area contributed by atoms with Gasteiger partial charge in [-0.15, -0.1) is 0 Å². The van der Waals surface area contributed by atoms with Gasteiger partial charge >= 0.3 is 0 Å². The molecule has 92 valence electrons. The van der Waals surface area contributed by atoms with E-state index in [0.29, 0.717) is 32.4 Å². The molecule has 2 rings (SSSR count). The quantitative estimate of drug-likeness (QED) is 0.760. The molecule has 0 unspecified atom stereocenters. The number of aliphatic hydroxyl groups excluding tert-OH is 1. The van der Waals surface area contributed by atoms with E-state index in [-0.39, 0.29) is 12.0 Å². The average Bonchev–Trinajstić information content (AvgIpc) is 2.74. The van der Waals surface area contributed by atoms with Crippen molar-refractivity contribution >= 4 is 11.6 Å². The number of rotatable bonds is 3. The fraction of sp³-hybridized carbons (Fsp3) is 0.462. The van der Waals surface area contributed by atoms with E-state index in [1.54, 1.807) is 4.90 Å². The zero-order chi connectivity index (χ0) is 12.3. The number of aliphatic hydroxyl groups is 1. The maximum atomic E-state index is 11.8. The molecule has 4 nitrogen and oxygen atoms in total. The van der Waals surface area contributed by atoms with E-state index in [2.05, 4.69) is 0 Å². The number of hydrogen-bond acceptors (Lipinski definition) is 3. The van der Waals surface area contributed by atoms with Crippen molar-refractivity contribution in [3.8, 4) is 0 Å². The van der Waals surface area contributed by atoms with Crippen LogP contribution in [0.4, 0.5) is 5.69 Å². The van der Waals surface area contributed by atoms with Crippen molar-refractivity contribution in [1.82, 2.24) is 4.90 Å². The van der Waals surface area contributed by atoms with Gasteiger partial charge in [0.1, 0.15) is 0 Å². The number of nitrogens with zero attached hydrogens (tertiary/aromatic N) is 1. The van der Waals surface area contributed by atoms with Crippen LogP contribution in [0, 0.1) is 0 Å². The molecule has 17 heavy (non-hydrogen) atoms. The molecule has 0 aromatic heterocycles. The smallest absolute Gasteiger partial charge is 0.222 e. The van der Waals surface area contributed by atoms with Crippen molar-refractivity contribution < 1.29 is 9.90 Å². The average molecular weight is 234 g/mol. The van der Waals surface area contributed by atoms with Gasteiger partial charge in [-0.2, -0.15) is 0 Å². The first kappa shape index (κ1) is 11.9. The number of para-hydroxylation sites is 1. The van der Waals surface area contributed by atoms with Crippen LogP contribution in [0.2, 0.25) is 0 Å². The number of aryl methyl sites for hydroxylation is 1. The second-order valence-corrected chi connectivity index (χ2v) is 4.48. The predicted molar refractivity (Wildman–Crippen MR) is 66.4 cm³/mol. The first-order chi connectivity index (χ1) is 8.16. The normalized spacial score (nSPS) is 19.6. The molecule has 1 aromatic carbocycles. The van der Waals surface area contributed by atoms with Crippen molar-refractivity contribution in [3.63, 3.8) is 0 Å². The molecule has 4 heteroatoms. The summed E-state index contributed by atoms with van der Waals surface area (Å²) in [5.74, 6) is 0.102. The Labute approximate surface area is 101 Å². The van der Waals surface area contributed by atoms with Gasteiger partial charge in [-0.05, 0) is 24.5 Å². The van der Waals surface area contributed by atoms with Crippen LogP contribution in [0.1, 0.15) is 18.4 Å². The molecule has 1 aromatic rings.